The Morgan fingerprint density at radius 3 is 1.27 bits per heavy atom. The Morgan fingerprint density at radius 1 is 0.548 bits per heavy atom. The summed E-state index contributed by atoms with van der Waals surface area (Å²) >= 11 is 0. The standard InChI is InChI=1S/2C26H29N3O2/c2*27-17-20-8-12-24(13-9-20)28-25(30)16-19-6-10-22(11-7-19)23-4-1-3-21(15-23)18-29-14-2-5-26(29)31/h2*1,3-4,8-9,12-13,15,19,22H,2,5-7,10-11,14,16,18H2,(H,28,30). The lowest BCUT2D eigenvalue weighted by atomic mass is 9.77. The van der Waals surface area contributed by atoms with Crippen LogP contribution in [0.4, 0.5) is 11.4 Å². The first-order valence-electron chi connectivity index (χ1n) is 22.5. The van der Waals surface area contributed by atoms with Crippen LogP contribution in [-0.2, 0) is 32.3 Å². The number of rotatable bonds is 12. The molecule has 62 heavy (non-hydrogen) atoms. The van der Waals surface area contributed by atoms with Crippen molar-refractivity contribution in [3.8, 4) is 12.1 Å². The molecular weight excluding hydrogens is 773 g/mol. The van der Waals surface area contributed by atoms with Gasteiger partial charge < -0.3 is 20.4 Å². The minimum Gasteiger partial charge on any atom is -0.338 e. The molecule has 2 aliphatic carbocycles. The summed E-state index contributed by atoms with van der Waals surface area (Å²) < 4.78 is 0. The monoisotopic (exact) mass is 830 g/mol. The van der Waals surface area contributed by atoms with E-state index in [1.54, 1.807) is 48.5 Å². The Morgan fingerprint density at radius 2 is 0.935 bits per heavy atom. The topological polar surface area (TPSA) is 146 Å². The molecule has 10 nitrogen and oxygen atoms in total. The summed E-state index contributed by atoms with van der Waals surface area (Å²) in [6.07, 6.45) is 13.0. The van der Waals surface area contributed by atoms with Gasteiger partial charge in [-0.05, 0) is 159 Å². The second-order valence-corrected chi connectivity index (χ2v) is 17.6. The number of benzene rings is 4. The van der Waals surface area contributed by atoms with E-state index in [0.717, 1.165) is 102 Å². The first-order chi connectivity index (χ1) is 30.2. The summed E-state index contributed by atoms with van der Waals surface area (Å²) in [5, 5.41) is 23.6. The van der Waals surface area contributed by atoms with Gasteiger partial charge in [0.1, 0.15) is 0 Å². The number of hydrogen-bond donors (Lipinski definition) is 2. The van der Waals surface area contributed by atoms with E-state index in [1.165, 1.54) is 22.3 Å². The Kier molecular flexibility index (Phi) is 15.2. The Bertz CT molecular complexity index is 2100. The zero-order valence-corrected chi connectivity index (χ0v) is 35.7. The number of carbonyl (C=O) groups excluding carboxylic acids is 4. The highest BCUT2D eigenvalue weighted by Gasteiger charge is 2.27. The van der Waals surface area contributed by atoms with Crippen molar-refractivity contribution < 1.29 is 19.2 Å². The maximum absolute atomic E-state index is 12.4. The van der Waals surface area contributed by atoms with Gasteiger partial charge in [-0.15, -0.1) is 0 Å². The summed E-state index contributed by atoms with van der Waals surface area (Å²) in [6.45, 7) is 3.19. The molecule has 0 aromatic heterocycles. The fraction of sp³-hybridized carbons (Fsp3) is 0.423. The molecule has 4 amide bonds. The lowest BCUT2D eigenvalue weighted by Gasteiger charge is -2.29. The Hall–Kier alpha value is -6.26. The van der Waals surface area contributed by atoms with E-state index in [1.807, 2.05) is 9.80 Å². The average molecular weight is 831 g/mol. The molecular formula is C52H58N6O4. The molecule has 2 heterocycles. The second-order valence-electron chi connectivity index (χ2n) is 17.6. The zero-order valence-electron chi connectivity index (χ0n) is 35.7. The van der Waals surface area contributed by atoms with Crippen LogP contribution in [0.3, 0.4) is 0 Å². The van der Waals surface area contributed by atoms with Crippen molar-refractivity contribution in [3.05, 3.63) is 130 Å². The highest BCUT2D eigenvalue weighted by molar-refractivity contribution is 5.91. The molecule has 8 rings (SSSR count). The molecule has 0 spiro atoms. The summed E-state index contributed by atoms with van der Waals surface area (Å²) in [6, 6.07) is 35.6. The molecule has 2 saturated carbocycles. The number of amides is 4. The quantitative estimate of drug-likeness (QED) is 0.145. The van der Waals surface area contributed by atoms with Crippen molar-refractivity contribution in [1.82, 2.24) is 9.80 Å². The minimum absolute atomic E-state index is 0.0467. The number of hydrogen-bond acceptors (Lipinski definition) is 6. The maximum atomic E-state index is 12.4. The van der Waals surface area contributed by atoms with Gasteiger partial charge in [-0.1, -0.05) is 48.5 Å². The van der Waals surface area contributed by atoms with Crippen LogP contribution in [-0.4, -0.2) is 46.5 Å². The highest BCUT2D eigenvalue weighted by Crippen LogP contribution is 2.39. The van der Waals surface area contributed by atoms with Crippen molar-refractivity contribution in [1.29, 1.82) is 10.5 Å². The van der Waals surface area contributed by atoms with E-state index in [-0.39, 0.29) is 23.6 Å². The van der Waals surface area contributed by atoms with Gasteiger partial charge in [0.05, 0.1) is 23.3 Å². The third-order valence-electron chi connectivity index (χ3n) is 13.2. The van der Waals surface area contributed by atoms with E-state index >= 15 is 0 Å². The lowest BCUT2D eigenvalue weighted by molar-refractivity contribution is -0.129. The van der Waals surface area contributed by atoms with Gasteiger partial charge in [0, 0.05) is 63.2 Å². The Labute approximate surface area is 366 Å². The van der Waals surface area contributed by atoms with E-state index in [9.17, 15) is 19.2 Å². The maximum Gasteiger partial charge on any atom is 0.224 e. The van der Waals surface area contributed by atoms with Crippen LogP contribution in [0.25, 0.3) is 0 Å². The van der Waals surface area contributed by atoms with E-state index in [4.69, 9.17) is 10.5 Å². The van der Waals surface area contributed by atoms with Crippen molar-refractivity contribution in [2.75, 3.05) is 23.7 Å². The van der Waals surface area contributed by atoms with E-state index in [2.05, 4.69) is 71.3 Å². The van der Waals surface area contributed by atoms with Crippen LogP contribution in [0.5, 0.6) is 0 Å². The normalized spacial score (nSPS) is 21.0. The van der Waals surface area contributed by atoms with Crippen LogP contribution in [0.1, 0.15) is 135 Å². The van der Waals surface area contributed by atoms with Gasteiger partial charge in [0.25, 0.3) is 0 Å². The summed E-state index contributed by atoms with van der Waals surface area (Å²) in [5.41, 5.74) is 7.83. The van der Waals surface area contributed by atoms with E-state index in [0.29, 0.717) is 60.5 Å². The van der Waals surface area contributed by atoms with E-state index < -0.39 is 0 Å². The van der Waals surface area contributed by atoms with Gasteiger partial charge >= 0.3 is 0 Å². The lowest BCUT2D eigenvalue weighted by Crippen LogP contribution is -2.24. The van der Waals surface area contributed by atoms with Gasteiger partial charge in [0.15, 0.2) is 0 Å². The van der Waals surface area contributed by atoms with Crippen LogP contribution >= 0.6 is 0 Å². The molecule has 0 atom stereocenters. The molecule has 0 radical (unpaired) electrons. The molecule has 320 valence electrons. The predicted octanol–water partition coefficient (Wildman–Crippen LogP) is 9.97. The molecule has 0 bridgehead atoms. The SMILES string of the molecule is N#Cc1ccc(NC(=O)CC2CCC(c3cccc(CN4CCCC4=O)c3)CC2)cc1.N#Cc1ccc(NC(=O)CC2CCC(c3cccc(CN4CCCC4=O)c3)CC2)cc1. The van der Waals surface area contributed by atoms with Gasteiger partial charge in [-0.3, -0.25) is 19.2 Å². The smallest absolute Gasteiger partial charge is 0.224 e. The number of likely N-dealkylation sites (tertiary alicyclic amines) is 2. The summed E-state index contributed by atoms with van der Waals surface area (Å²) in [7, 11) is 0. The van der Waals surface area contributed by atoms with Crippen molar-refractivity contribution in [2.24, 2.45) is 11.8 Å². The molecule has 2 saturated heterocycles. The third kappa shape index (κ3) is 12.4. The second kappa shape index (κ2) is 21.5. The van der Waals surface area contributed by atoms with Gasteiger partial charge in [-0.25, -0.2) is 0 Å². The molecule has 10 heteroatoms. The third-order valence-corrected chi connectivity index (χ3v) is 13.2. The molecule has 0 unspecified atom stereocenters. The van der Waals surface area contributed by atoms with Gasteiger partial charge in [-0.2, -0.15) is 10.5 Å². The molecule has 4 aromatic rings. The fourth-order valence-electron chi connectivity index (χ4n) is 9.68. The molecule has 4 aromatic carbocycles. The average Bonchev–Trinajstić information content (AvgIpc) is 3.90. The van der Waals surface area contributed by atoms with Crippen LogP contribution in [0.15, 0.2) is 97.1 Å². The minimum atomic E-state index is 0.0467. The molecule has 4 aliphatic rings. The number of nitrogens with one attached hydrogen (secondary N) is 2. The van der Waals surface area contributed by atoms with Crippen molar-refractivity contribution >= 4 is 35.0 Å². The van der Waals surface area contributed by atoms with Crippen LogP contribution in [0.2, 0.25) is 0 Å². The number of carbonyl (C=O) groups is 4. The van der Waals surface area contributed by atoms with Crippen LogP contribution in [0, 0.1) is 34.5 Å². The number of nitrogens with zero attached hydrogens (tertiary/aromatic N) is 4. The zero-order chi connectivity index (χ0) is 43.3. The predicted molar refractivity (Wildman–Crippen MR) is 240 cm³/mol. The Balaban J connectivity index is 0.000000186. The fourth-order valence-corrected chi connectivity index (χ4v) is 9.68. The molecule has 2 aliphatic heterocycles. The van der Waals surface area contributed by atoms with Crippen molar-refractivity contribution in [3.63, 3.8) is 0 Å². The first kappa shape index (κ1) is 43.8. The number of nitriles is 2. The van der Waals surface area contributed by atoms with Crippen molar-refractivity contribution in [2.45, 2.75) is 115 Å². The van der Waals surface area contributed by atoms with Crippen LogP contribution < -0.4 is 10.6 Å². The van der Waals surface area contributed by atoms with Gasteiger partial charge in [0.2, 0.25) is 23.6 Å². The molecule has 2 N–H and O–H groups in total. The first-order valence-corrected chi connectivity index (χ1v) is 22.5. The molecule has 4 fully saturated rings. The largest absolute Gasteiger partial charge is 0.338 e. The summed E-state index contributed by atoms with van der Waals surface area (Å²) in [5.74, 6) is 2.53. The highest BCUT2D eigenvalue weighted by atomic mass is 16.2. The summed E-state index contributed by atoms with van der Waals surface area (Å²) in [4.78, 5) is 52.6. The number of anilines is 2.